The summed E-state index contributed by atoms with van der Waals surface area (Å²) in [5, 5.41) is 6.20. The first-order valence-electron chi connectivity index (χ1n) is 9.21. The largest absolute Gasteiger partial charge is 0.356 e. The first-order valence-corrected chi connectivity index (χ1v) is 9.21. The Hall–Kier alpha value is -1.35. The topological polar surface area (TPSA) is 60.0 Å². The molecule has 0 bridgehead atoms. The Morgan fingerprint density at radius 3 is 2.38 bits per heavy atom. The molecule has 1 saturated heterocycles. The van der Waals surface area contributed by atoms with E-state index in [1.807, 2.05) is 0 Å². The fraction of sp³-hybridized carbons (Fsp3) is 0.579. The van der Waals surface area contributed by atoms with Crippen LogP contribution in [0, 0.1) is 0 Å². The van der Waals surface area contributed by atoms with Crippen LogP contribution in [0.25, 0.3) is 0 Å². The van der Waals surface area contributed by atoms with Gasteiger partial charge in [-0.1, -0.05) is 37.3 Å². The normalized spacial score (nSPS) is 15.3. The van der Waals surface area contributed by atoms with Crippen molar-refractivity contribution < 1.29 is 4.79 Å². The zero-order valence-electron chi connectivity index (χ0n) is 15.9. The van der Waals surface area contributed by atoms with Gasteiger partial charge in [0.2, 0.25) is 5.91 Å². The van der Waals surface area contributed by atoms with E-state index in [2.05, 4.69) is 62.7 Å². The number of hydrogen-bond acceptors (Lipinski definition) is 3. The molecular formula is C19H32IN5O. The molecule has 1 amide bonds. The minimum absolute atomic E-state index is 0. The lowest BCUT2D eigenvalue weighted by Gasteiger charge is -2.36. The van der Waals surface area contributed by atoms with Gasteiger partial charge in [0, 0.05) is 59.3 Å². The van der Waals surface area contributed by atoms with E-state index in [1.165, 1.54) is 5.56 Å². The van der Waals surface area contributed by atoms with Gasteiger partial charge in [0.25, 0.3) is 0 Å². The van der Waals surface area contributed by atoms with Crippen LogP contribution >= 0.6 is 24.0 Å². The van der Waals surface area contributed by atoms with Gasteiger partial charge < -0.3 is 15.5 Å². The molecule has 2 N–H and O–H groups in total. The average Bonchev–Trinajstić information content (AvgIpc) is 2.65. The third-order valence-corrected chi connectivity index (χ3v) is 4.34. The van der Waals surface area contributed by atoms with Crippen molar-refractivity contribution in [1.29, 1.82) is 0 Å². The molecule has 6 nitrogen and oxygen atoms in total. The second-order valence-electron chi connectivity index (χ2n) is 6.32. The second-order valence-corrected chi connectivity index (χ2v) is 6.32. The number of carbonyl (C=O) groups is 1. The lowest BCUT2D eigenvalue weighted by Crippen LogP contribution is -2.52. The molecule has 0 spiro atoms. The van der Waals surface area contributed by atoms with Crippen LogP contribution in [0.2, 0.25) is 0 Å². The minimum Gasteiger partial charge on any atom is -0.356 e. The molecular weight excluding hydrogens is 441 g/mol. The van der Waals surface area contributed by atoms with Gasteiger partial charge in [-0.15, -0.1) is 24.0 Å². The van der Waals surface area contributed by atoms with Gasteiger partial charge in [-0.3, -0.25) is 14.7 Å². The number of halogens is 1. The van der Waals surface area contributed by atoms with Crippen LogP contribution < -0.4 is 10.6 Å². The minimum atomic E-state index is 0. The number of carbonyl (C=O) groups excluding carboxylic acids is 1. The van der Waals surface area contributed by atoms with Crippen LogP contribution in [0.1, 0.15) is 25.3 Å². The summed E-state index contributed by atoms with van der Waals surface area (Å²) in [5.74, 6) is 0.986. The number of amides is 1. The highest BCUT2D eigenvalue weighted by Crippen LogP contribution is 2.08. The van der Waals surface area contributed by atoms with Gasteiger partial charge in [-0.25, -0.2) is 0 Å². The molecule has 0 saturated carbocycles. The molecule has 26 heavy (non-hydrogen) atoms. The highest BCUT2D eigenvalue weighted by molar-refractivity contribution is 14.0. The van der Waals surface area contributed by atoms with Gasteiger partial charge in [0.05, 0.1) is 0 Å². The lowest BCUT2D eigenvalue weighted by atomic mass is 10.2. The van der Waals surface area contributed by atoms with Gasteiger partial charge in [-0.05, 0) is 12.0 Å². The first-order chi connectivity index (χ1) is 12.2. The summed E-state index contributed by atoms with van der Waals surface area (Å²) in [6.45, 7) is 8.36. The van der Waals surface area contributed by atoms with Crippen molar-refractivity contribution in [2.45, 2.75) is 26.3 Å². The van der Waals surface area contributed by atoms with Crippen molar-refractivity contribution in [3.8, 4) is 0 Å². The van der Waals surface area contributed by atoms with Crippen molar-refractivity contribution >= 4 is 35.8 Å². The lowest BCUT2D eigenvalue weighted by molar-refractivity contribution is -0.120. The van der Waals surface area contributed by atoms with E-state index in [1.54, 1.807) is 7.05 Å². The summed E-state index contributed by atoms with van der Waals surface area (Å²) in [6, 6.07) is 10.6. The molecule has 146 valence electrons. The van der Waals surface area contributed by atoms with E-state index in [0.717, 1.165) is 51.6 Å². The SMILES string of the molecule is CCCNC(=O)CCNC(=NC)N1CCN(Cc2ccccc2)CC1.I. The van der Waals surface area contributed by atoms with E-state index in [0.29, 0.717) is 13.0 Å². The zero-order valence-corrected chi connectivity index (χ0v) is 18.2. The number of nitrogens with one attached hydrogen (secondary N) is 2. The first kappa shape index (κ1) is 22.7. The molecule has 0 radical (unpaired) electrons. The number of piperazine rings is 1. The number of aliphatic imine (C=N–C) groups is 1. The molecule has 0 aromatic heterocycles. The Labute approximate surface area is 174 Å². The Bertz CT molecular complexity index is 544. The fourth-order valence-corrected chi connectivity index (χ4v) is 2.93. The molecule has 0 unspecified atom stereocenters. The van der Waals surface area contributed by atoms with E-state index >= 15 is 0 Å². The van der Waals surface area contributed by atoms with Crippen molar-refractivity contribution in [3.05, 3.63) is 35.9 Å². The van der Waals surface area contributed by atoms with E-state index < -0.39 is 0 Å². The van der Waals surface area contributed by atoms with Gasteiger partial charge >= 0.3 is 0 Å². The van der Waals surface area contributed by atoms with Crippen molar-refractivity contribution in [3.63, 3.8) is 0 Å². The maximum atomic E-state index is 11.7. The Kier molecular flexibility index (Phi) is 11.3. The highest BCUT2D eigenvalue weighted by Gasteiger charge is 2.19. The van der Waals surface area contributed by atoms with Crippen LogP contribution in [0.5, 0.6) is 0 Å². The van der Waals surface area contributed by atoms with Crippen LogP contribution in [0.3, 0.4) is 0 Å². The maximum Gasteiger partial charge on any atom is 0.221 e. The second kappa shape index (κ2) is 12.9. The zero-order chi connectivity index (χ0) is 17.9. The smallest absolute Gasteiger partial charge is 0.221 e. The standard InChI is InChI=1S/C19H31N5O.HI/c1-3-10-21-18(25)9-11-22-19(20-2)24-14-12-23(13-15-24)16-17-7-5-4-6-8-17;/h4-8H,3,9-16H2,1-2H3,(H,20,22)(H,21,25);1H. The summed E-state index contributed by atoms with van der Waals surface area (Å²) < 4.78 is 0. The molecule has 1 aromatic carbocycles. The molecule has 2 rings (SSSR count). The highest BCUT2D eigenvalue weighted by atomic mass is 127. The number of benzene rings is 1. The van der Waals surface area contributed by atoms with E-state index in [9.17, 15) is 4.79 Å². The molecule has 1 aromatic rings. The Balaban J connectivity index is 0.00000338. The van der Waals surface area contributed by atoms with Crippen molar-refractivity contribution in [1.82, 2.24) is 20.4 Å². The quantitative estimate of drug-likeness (QED) is 0.361. The van der Waals surface area contributed by atoms with Crippen LogP contribution in [0.4, 0.5) is 0 Å². The summed E-state index contributed by atoms with van der Waals surface area (Å²) in [6.07, 6.45) is 1.45. The average molecular weight is 473 g/mol. The predicted octanol–water partition coefficient (Wildman–Crippen LogP) is 1.91. The summed E-state index contributed by atoms with van der Waals surface area (Å²) in [7, 11) is 1.80. The predicted molar refractivity (Wildman–Crippen MR) is 118 cm³/mol. The number of rotatable bonds is 7. The summed E-state index contributed by atoms with van der Waals surface area (Å²) in [5.41, 5.74) is 1.36. The molecule has 1 heterocycles. The molecule has 1 fully saturated rings. The summed E-state index contributed by atoms with van der Waals surface area (Å²) in [4.78, 5) is 20.8. The van der Waals surface area contributed by atoms with Crippen molar-refractivity contribution in [2.75, 3.05) is 46.3 Å². The molecule has 1 aliphatic rings. The van der Waals surface area contributed by atoms with Crippen LogP contribution in [0.15, 0.2) is 35.3 Å². The molecule has 1 aliphatic heterocycles. The number of guanidine groups is 1. The van der Waals surface area contributed by atoms with E-state index in [-0.39, 0.29) is 29.9 Å². The monoisotopic (exact) mass is 473 g/mol. The maximum absolute atomic E-state index is 11.7. The molecule has 7 heteroatoms. The Morgan fingerprint density at radius 1 is 1.08 bits per heavy atom. The van der Waals surface area contributed by atoms with Crippen LogP contribution in [-0.2, 0) is 11.3 Å². The fourth-order valence-electron chi connectivity index (χ4n) is 2.93. The molecule has 0 atom stereocenters. The van der Waals surface area contributed by atoms with Gasteiger partial charge in [0.1, 0.15) is 0 Å². The van der Waals surface area contributed by atoms with Crippen molar-refractivity contribution in [2.24, 2.45) is 4.99 Å². The number of nitrogens with zero attached hydrogens (tertiary/aromatic N) is 3. The molecule has 0 aliphatic carbocycles. The van der Waals surface area contributed by atoms with Crippen LogP contribution in [-0.4, -0.2) is 68.0 Å². The third-order valence-electron chi connectivity index (χ3n) is 4.34. The third kappa shape index (κ3) is 7.90. The number of hydrogen-bond donors (Lipinski definition) is 2. The van der Waals surface area contributed by atoms with Gasteiger partial charge in [0.15, 0.2) is 5.96 Å². The van der Waals surface area contributed by atoms with E-state index in [4.69, 9.17) is 0 Å². The Morgan fingerprint density at radius 2 is 1.77 bits per heavy atom. The summed E-state index contributed by atoms with van der Waals surface area (Å²) >= 11 is 0. The van der Waals surface area contributed by atoms with Gasteiger partial charge in [-0.2, -0.15) is 0 Å².